The van der Waals surface area contributed by atoms with Crippen LogP contribution < -0.4 is 5.32 Å². The van der Waals surface area contributed by atoms with Gasteiger partial charge in [0.25, 0.3) is 5.69 Å². The fraction of sp³-hybridized carbons (Fsp3) is 0.278. The minimum Gasteiger partial charge on any atom is -0.355 e. The summed E-state index contributed by atoms with van der Waals surface area (Å²) in [6.07, 6.45) is 0. The molecule has 2 aromatic carbocycles. The standard InChI is InChI=1S/C18H19ClN2O3S2/c19-17-4-2-1-3-15(17)12-25-10-9-20-18(22)13-26-11-14-5-7-16(8-6-14)21(23)24/h1-8H,9-13H2,(H,20,22). The summed E-state index contributed by atoms with van der Waals surface area (Å²) in [5, 5.41) is 14.3. The number of carbonyl (C=O) groups is 1. The van der Waals surface area contributed by atoms with E-state index >= 15 is 0 Å². The van der Waals surface area contributed by atoms with E-state index in [1.807, 2.05) is 24.3 Å². The largest absolute Gasteiger partial charge is 0.355 e. The third kappa shape index (κ3) is 7.27. The zero-order chi connectivity index (χ0) is 18.8. The summed E-state index contributed by atoms with van der Waals surface area (Å²) in [7, 11) is 0. The lowest BCUT2D eigenvalue weighted by Gasteiger charge is -2.06. The van der Waals surface area contributed by atoms with E-state index in [0.717, 1.165) is 27.7 Å². The van der Waals surface area contributed by atoms with E-state index in [-0.39, 0.29) is 11.6 Å². The predicted molar refractivity (Wildman–Crippen MR) is 110 cm³/mol. The Kier molecular flexibility index (Phi) is 8.80. The molecule has 0 unspecified atom stereocenters. The van der Waals surface area contributed by atoms with Crippen LogP contribution in [0.3, 0.4) is 0 Å². The van der Waals surface area contributed by atoms with Crippen molar-refractivity contribution in [3.05, 3.63) is 74.8 Å². The number of nitrogens with one attached hydrogen (secondary N) is 1. The van der Waals surface area contributed by atoms with E-state index in [1.165, 1.54) is 23.9 Å². The second-order valence-electron chi connectivity index (χ2n) is 5.41. The maximum atomic E-state index is 11.8. The molecule has 0 heterocycles. The minimum absolute atomic E-state index is 0.00439. The molecule has 0 spiro atoms. The third-order valence-corrected chi connectivity index (χ3v) is 5.81. The van der Waals surface area contributed by atoms with Gasteiger partial charge in [0.15, 0.2) is 0 Å². The molecular formula is C18H19ClN2O3S2. The topological polar surface area (TPSA) is 72.2 Å². The van der Waals surface area contributed by atoms with Crippen molar-refractivity contribution in [2.45, 2.75) is 11.5 Å². The molecule has 0 fully saturated rings. The summed E-state index contributed by atoms with van der Waals surface area (Å²) >= 11 is 9.31. The smallest absolute Gasteiger partial charge is 0.269 e. The molecule has 0 saturated carbocycles. The van der Waals surface area contributed by atoms with Crippen molar-refractivity contribution < 1.29 is 9.72 Å². The number of thioether (sulfide) groups is 2. The van der Waals surface area contributed by atoms with E-state index < -0.39 is 4.92 Å². The summed E-state index contributed by atoms with van der Waals surface area (Å²) < 4.78 is 0. The van der Waals surface area contributed by atoms with Crippen molar-refractivity contribution in [1.29, 1.82) is 0 Å². The second-order valence-corrected chi connectivity index (χ2v) is 7.91. The number of nitro groups is 1. The molecule has 0 atom stereocenters. The predicted octanol–water partition coefficient (Wildman–Crippen LogP) is 4.53. The van der Waals surface area contributed by atoms with Gasteiger partial charge in [0.1, 0.15) is 0 Å². The summed E-state index contributed by atoms with van der Waals surface area (Å²) in [6, 6.07) is 14.1. The van der Waals surface area contributed by atoms with Crippen LogP contribution in [-0.2, 0) is 16.3 Å². The van der Waals surface area contributed by atoms with Crippen molar-refractivity contribution in [2.75, 3.05) is 18.1 Å². The average Bonchev–Trinajstić information content (AvgIpc) is 2.63. The van der Waals surface area contributed by atoms with Gasteiger partial charge in [-0.15, -0.1) is 11.8 Å². The summed E-state index contributed by atoms with van der Waals surface area (Å²) in [4.78, 5) is 22.0. The lowest BCUT2D eigenvalue weighted by Crippen LogP contribution is -2.27. The summed E-state index contributed by atoms with van der Waals surface area (Å²) in [5.74, 6) is 2.66. The summed E-state index contributed by atoms with van der Waals surface area (Å²) in [6.45, 7) is 0.617. The van der Waals surface area contributed by atoms with Gasteiger partial charge in [0, 0.05) is 41.0 Å². The molecule has 0 aliphatic heterocycles. The first-order chi connectivity index (χ1) is 12.6. The maximum absolute atomic E-state index is 11.8. The van der Waals surface area contributed by atoms with Crippen LogP contribution in [0.25, 0.3) is 0 Å². The fourth-order valence-electron chi connectivity index (χ4n) is 2.09. The second kappa shape index (κ2) is 11.1. The average molecular weight is 411 g/mol. The number of hydrogen-bond acceptors (Lipinski definition) is 5. The van der Waals surface area contributed by atoms with Crippen molar-refractivity contribution in [2.24, 2.45) is 0 Å². The number of nitrogens with zero attached hydrogens (tertiary/aromatic N) is 1. The van der Waals surface area contributed by atoms with Gasteiger partial charge in [-0.3, -0.25) is 14.9 Å². The molecule has 0 aliphatic rings. The normalized spacial score (nSPS) is 10.5. The molecule has 0 radical (unpaired) electrons. The Morgan fingerprint density at radius 1 is 1.08 bits per heavy atom. The van der Waals surface area contributed by atoms with Crippen LogP contribution in [0.4, 0.5) is 5.69 Å². The van der Waals surface area contributed by atoms with Gasteiger partial charge in [-0.25, -0.2) is 0 Å². The number of halogens is 1. The van der Waals surface area contributed by atoms with Crippen molar-refractivity contribution in [3.8, 4) is 0 Å². The van der Waals surface area contributed by atoms with E-state index in [0.29, 0.717) is 18.1 Å². The third-order valence-electron chi connectivity index (χ3n) is 3.43. The number of carbonyl (C=O) groups excluding carboxylic acids is 1. The molecule has 26 heavy (non-hydrogen) atoms. The minimum atomic E-state index is -0.422. The number of non-ortho nitro benzene ring substituents is 1. The monoisotopic (exact) mass is 410 g/mol. The SMILES string of the molecule is O=C(CSCc1ccc([N+](=O)[O-])cc1)NCCSCc1ccccc1Cl. The first kappa shape index (κ1) is 20.6. The van der Waals surface area contributed by atoms with E-state index in [9.17, 15) is 14.9 Å². The van der Waals surface area contributed by atoms with Crippen LogP contribution in [-0.4, -0.2) is 28.9 Å². The number of benzene rings is 2. The molecular weight excluding hydrogens is 392 g/mol. The Bertz CT molecular complexity index is 741. The van der Waals surface area contributed by atoms with Crippen LogP contribution in [0, 0.1) is 10.1 Å². The molecule has 2 aromatic rings. The Morgan fingerprint density at radius 2 is 1.81 bits per heavy atom. The maximum Gasteiger partial charge on any atom is 0.269 e. The van der Waals surface area contributed by atoms with Crippen LogP contribution >= 0.6 is 35.1 Å². The lowest BCUT2D eigenvalue weighted by atomic mass is 10.2. The van der Waals surface area contributed by atoms with Crippen LogP contribution in [0.5, 0.6) is 0 Å². The van der Waals surface area contributed by atoms with Crippen molar-refractivity contribution in [3.63, 3.8) is 0 Å². The number of nitro benzene ring substituents is 1. The van der Waals surface area contributed by atoms with Crippen LogP contribution in [0.1, 0.15) is 11.1 Å². The first-order valence-corrected chi connectivity index (χ1v) is 10.6. The highest BCUT2D eigenvalue weighted by Gasteiger charge is 2.05. The molecule has 2 rings (SSSR count). The lowest BCUT2D eigenvalue weighted by molar-refractivity contribution is -0.384. The molecule has 1 N–H and O–H groups in total. The Balaban J connectivity index is 1.56. The quantitative estimate of drug-likeness (QED) is 0.354. The van der Waals surface area contributed by atoms with Gasteiger partial charge in [0.2, 0.25) is 5.91 Å². The Labute approximate surface area is 166 Å². The highest BCUT2D eigenvalue weighted by atomic mass is 35.5. The number of hydrogen-bond donors (Lipinski definition) is 1. The molecule has 5 nitrogen and oxygen atoms in total. The molecule has 8 heteroatoms. The fourth-order valence-corrected chi connectivity index (χ4v) is 4.05. The molecule has 0 aromatic heterocycles. The van der Waals surface area contributed by atoms with Gasteiger partial charge in [-0.2, -0.15) is 11.8 Å². The zero-order valence-electron chi connectivity index (χ0n) is 14.0. The van der Waals surface area contributed by atoms with Crippen molar-refractivity contribution >= 4 is 46.7 Å². The molecule has 0 saturated heterocycles. The Hall–Kier alpha value is -1.70. The van der Waals surface area contributed by atoms with Gasteiger partial charge in [-0.1, -0.05) is 41.9 Å². The molecule has 0 aliphatic carbocycles. The molecule has 138 valence electrons. The van der Waals surface area contributed by atoms with Crippen molar-refractivity contribution in [1.82, 2.24) is 5.32 Å². The van der Waals surface area contributed by atoms with Crippen LogP contribution in [0.2, 0.25) is 5.02 Å². The highest BCUT2D eigenvalue weighted by molar-refractivity contribution is 7.99. The highest BCUT2D eigenvalue weighted by Crippen LogP contribution is 2.20. The molecule has 1 amide bonds. The van der Waals surface area contributed by atoms with Gasteiger partial charge in [-0.05, 0) is 17.2 Å². The number of amides is 1. The van der Waals surface area contributed by atoms with Crippen LogP contribution in [0.15, 0.2) is 48.5 Å². The van der Waals surface area contributed by atoms with Gasteiger partial charge < -0.3 is 5.32 Å². The Morgan fingerprint density at radius 3 is 2.50 bits per heavy atom. The van der Waals surface area contributed by atoms with E-state index in [1.54, 1.807) is 23.9 Å². The van der Waals surface area contributed by atoms with E-state index in [2.05, 4.69) is 5.32 Å². The summed E-state index contributed by atoms with van der Waals surface area (Å²) in [5.41, 5.74) is 2.14. The molecule has 0 bridgehead atoms. The number of rotatable bonds is 10. The first-order valence-electron chi connectivity index (χ1n) is 7.95. The van der Waals surface area contributed by atoms with E-state index in [4.69, 9.17) is 11.6 Å². The zero-order valence-corrected chi connectivity index (χ0v) is 16.4. The van der Waals surface area contributed by atoms with Gasteiger partial charge in [0.05, 0.1) is 10.7 Å². The van der Waals surface area contributed by atoms with Gasteiger partial charge >= 0.3 is 0 Å².